The summed E-state index contributed by atoms with van der Waals surface area (Å²) in [5.41, 5.74) is 6.98. The molecule has 3 nitrogen and oxygen atoms in total. The number of anilines is 1. The summed E-state index contributed by atoms with van der Waals surface area (Å²) in [6.07, 6.45) is 4.74. The molecular weight excluding hydrogens is 219 g/mol. The van der Waals surface area contributed by atoms with E-state index in [1.54, 1.807) is 6.21 Å². The fourth-order valence-corrected chi connectivity index (χ4v) is 1.46. The van der Waals surface area contributed by atoms with Crippen molar-refractivity contribution in [1.29, 1.82) is 0 Å². The van der Waals surface area contributed by atoms with Crippen molar-refractivity contribution in [2.24, 2.45) is 4.99 Å². The van der Waals surface area contributed by atoms with Gasteiger partial charge in [0.05, 0.1) is 18.3 Å². The Balaban J connectivity index is 2.20. The molecule has 1 aromatic carbocycles. The number of hydrogen-bond acceptors (Lipinski definition) is 3. The third kappa shape index (κ3) is 3.19. The molecule has 1 saturated carbocycles. The van der Waals surface area contributed by atoms with E-state index >= 15 is 0 Å². The predicted octanol–water partition coefficient (Wildman–Crippen LogP) is 2.78. The van der Waals surface area contributed by atoms with Gasteiger partial charge in [0.1, 0.15) is 11.6 Å². The summed E-state index contributed by atoms with van der Waals surface area (Å²) in [5.74, 6) is 0.0617. The van der Waals surface area contributed by atoms with Crippen LogP contribution in [0.25, 0.3) is 0 Å². The SMILES string of the molecule is CCCOc1cc(F)cc(C=NC2CC2)c1N. The first-order chi connectivity index (χ1) is 8.20. The lowest BCUT2D eigenvalue weighted by Crippen LogP contribution is -2.03. The van der Waals surface area contributed by atoms with E-state index in [0.29, 0.717) is 29.6 Å². The first-order valence-corrected chi connectivity index (χ1v) is 5.95. The van der Waals surface area contributed by atoms with E-state index in [0.717, 1.165) is 19.3 Å². The predicted molar refractivity (Wildman–Crippen MR) is 67.2 cm³/mol. The van der Waals surface area contributed by atoms with Crippen molar-refractivity contribution in [1.82, 2.24) is 0 Å². The van der Waals surface area contributed by atoms with Crippen LogP contribution in [-0.4, -0.2) is 18.9 Å². The average Bonchev–Trinajstić information content (AvgIpc) is 3.12. The van der Waals surface area contributed by atoms with Crippen molar-refractivity contribution in [2.45, 2.75) is 32.2 Å². The minimum absolute atomic E-state index is 0.345. The Labute approximate surface area is 100 Å². The quantitative estimate of drug-likeness (QED) is 0.631. The van der Waals surface area contributed by atoms with Crippen LogP contribution in [0.2, 0.25) is 0 Å². The van der Waals surface area contributed by atoms with Gasteiger partial charge in [-0.25, -0.2) is 4.39 Å². The van der Waals surface area contributed by atoms with Crippen LogP contribution in [0.3, 0.4) is 0 Å². The first kappa shape index (κ1) is 11.9. The van der Waals surface area contributed by atoms with Gasteiger partial charge in [-0.3, -0.25) is 4.99 Å². The summed E-state index contributed by atoms with van der Waals surface area (Å²) >= 11 is 0. The van der Waals surface area contributed by atoms with Crippen molar-refractivity contribution in [3.05, 3.63) is 23.5 Å². The molecule has 0 saturated heterocycles. The van der Waals surface area contributed by atoms with Gasteiger partial charge in [-0.05, 0) is 25.3 Å². The van der Waals surface area contributed by atoms with Gasteiger partial charge in [0.2, 0.25) is 0 Å². The van der Waals surface area contributed by atoms with Crippen LogP contribution in [0.15, 0.2) is 17.1 Å². The second-order valence-electron chi connectivity index (χ2n) is 4.26. The lowest BCUT2D eigenvalue weighted by molar-refractivity contribution is 0.317. The van der Waals surface area contributed by atoms with E-state index in [1.807, 2.05) is 6.92 Å². The van der Waals surface area contributed by atoms with Crippen molar-refractivity contribution >= 4 is 11.9 Å². The molecule has 0 bridgehead atoms. The molecule has 1 aromatic rings. The lowest BCUT2D eigenvalue weighted by Gasteiger charge is -2.10. The Morgan fingerprint density at radius 2 is 2.29 bits per heavy atom. The third-order valence-electron chi connectivity index (χ3n) is 2.57. The van der Waals surface area contributed by atoms with Crippen molar-refractivity contribution < 1.29 is 9.13 Å². The molecule has 4 heteroatoms. The molecule has 1 aliphatic rings. The molecule has 0 aromatic heterocycles. The van der Waals surface area contributed by atoms with Crippen LogP contribution in [0, 0.1) is 5.82 Å². The summed E-state index contributed by atoms with van der Waals surface area (Å²) in [4.78, 5) is 4.30. The fraction of sp³-hybridized carbons (Fsp3) is 0.462. The number of benzene rings is 1. The Hall–Kier alpha value is -1.58. The van der Waals surface area contributed by atoms with Gasteiger partial charge >= 0.3 is 0 Å². The molecule has 0 aliphatic heterocycles. The number of ether oxygens (including phenoxy) is 1. The zero-order chi connectivity index (χ0) is 12.3. The van der Waals surface area contributed by atoms with Gasteiger partial charge < -0.3 is 10.5 Å². The Bertz CT molecular complexity index is 428. The highest BCUT2D eigenvalue weighted by Gasteiger charge is 2.19. The van der Waals surface area contributed by atoms with Crippen LogP contribution in [-0.2, 0) is 0 Å². The van der Waals surface area contributed by atoms with Crippen molar-refractivity contribution in [3.63, 3.8) is 0 Å². The summed E-state index contributed by atoms with van der Waals surface area (Å²) < 4.78 is 18.8. The number of aliphatic imine (C=N–C) groups is 1. The van der Waals surface area contributed by atoms with Crippen LogP contribution in [0.5, 0.6) is 5.75 Å². The molecule has 2 rings (SSSR count). The monoisotopic (exact) mass is 236 g/mol. The minimum Gasteiger partial charge on any atom is -0.491 e. The molecule has 1 aliphatic carbocycles. The second-order valence-corrected chi connectivity index (χ2v) is 4.26. The Morgan fingerprint density at radius 1 is 1.53 bits per heavy atom. The van der Waals surface area contributed by atoms with E-state index in [2.05, 4.69) is 4.99 Å². The van der Waals surface area contributed by atoms with Gasteiger partial charge in [0, 0.05) is 17.8 Å². The maximum absolute atomic E-state index is 13.4. The normalized spacial score (nSPS) is 15.4. The Kier molecular flexibility index (Phi) is 3.61. The summed E-state index contributed by atoms with van der Waals surface area (Å²) in [6.45, 7) is 2.53. The number of nitrogens with zero attached hydrogens (tertiary/aromatic N) is 1. The van der Waals surface area contributed by atoms with E-state index in [4.69, 9.17) is 10.5 Å². The molecular formula is C13H17FN2O. The van der Waals surface area contributed by atoms with Crippen LogP contribution in [0.1, 0.15) is 31.7 Å². The number of nitrogens with two attached hydrogens (primary N) is 1. The van der Waals surface area contributed by atoms with Gasteiger partial charge in [0.25, 0.3) is 0 Å². The molecule has 0 atom stereocenters. The van der Waals surface area contributed by atoms with Crippen LogP contribution in [0.4, 0.5) is 10.1 Å². The number of nitrogen functional groups attached to an aromatic ring is 1. The topological polar surface area (TPSA) is 47.6 Å². The van der Waals surface area contributed by atoms with Gasteiger partial charge in [-0.15, -0.1) is 0 Å². The highest BCUT2D eigenvalue weighted by Crippen LogP contribution is 2.28. The number of halogens is 1. The van der Waals surface area contributed by atoms with E-state index < -0.39 is 0 Å². The summed E-state index contributed by atoms with van der Waals surface area (Å²) in [5, 5.41) is 0. The van der Waals surface area contributed by atoms with Crippen LogP contribution < -0.4 is 10.5 Å². The lowest BCUT2D eigenvalue weighted by atomic mass is 10.1. The van der Waals surface area contributed by atoms with E-state index in [1.165, 1.54) is 12.1 Å². The Morgan fingerprint density at radius 3 is 2.94 bits per heavy atom. The van der Waals surface area contributed by atoms with Gasteiger partial charge in [-0.2, -0.15) is 0 Å². The van der Waals surface area contributed by atoms with E-state index in [9.17, 15) is 4.39 Å². The molecule has 0 spiro atoms. The maximum atomic E-state index is 13.4. The highest BCUT2D eigenvalue weighted by atomic mass is 19.1. The van der Waals surface area contributed by atoms with Gasteiger partial charge in [-0.1, -0.05) is 6.92 Å². The molecule has 0 radical (unpaired) electrons. The number of rotatable bonds is 5. The molecule has 1 fully saturated rings. The summed E-state index contributed by atoms with van der Waals surface area (Å²) in [7, 11) is 0. The molecule has 0 unspecified atom stereocenters. The molecule has 17 heavy (non-hydrogen) atoms. The molecule has 0 amide bonds. The highest BCUT2D eigenvalue weighted by molar-refractivity contribution is 5.89. The zero-order valence-electron chi connectivity index (χ0n) is 9.95. The second kappa shape index (κ2) is 5.17. The van der Waals surface area contributed by atoms with Crippen molar-refractivity contribution in [3.8, 4) is 5.75 Å². The maximum Gasteiger partial charge on any atom is 0.145 e. The van der Waals surface area contributed by atoms with Crippen molar-refractivity contribution in [2.75, 3.05) is 12.3 Å². The smallest absolute Gasteiger partial charge is 0.145 e. The third-order valence-corrected chi connectivity index (χ3v) is 2.57. The largest absolute Gasteiger partial charge is 0.491 e. The summed E-state index contributed by atoms with van der Waals surface area (Å²) in [6, 6.07) is 3.11. The van der Waals surface area contributed by atoms with E-state index in [-0.39, 0.29) is 5.82 Å². The first-order valence-electron chi connectivity index (χ1n) is 5.95. The average molecular weight is 236 g/mol. The minimum atomic E-state index is -0.345. The fourth-order valence-electron chi connectivity index (χ4n) is 1.46. The van der Waals surface area contributed by atoms with Crippen LogP contribution >= 0.6 is 0 Å². The molecule has 2 N–H and O–H groups in total. The standard InChI is InChI=1S/C13H17FN2O/c1-2-5-17-12-7-10(14)6-9(13(12)15)8-16-11-3-4-11/h6-8,11H,2-5,15H2,1H3. The number of hydrogen-bond donors (Lipinski definition) is 1. The van der Waals surface area contributed by atoms with Gasteiger partial charge in [0.15, 0.2) is 0 Å². The molecule has 0 heterocycles. The zero-order valence-corrected chi connectivity index (χ0v) is 9.95. The molecule has 92 valence electrons.